The molecule has 0 radical (unpaired) electrons. The van der Waals surface area contributed by atoms with Gasteiger partial charge in [-0.2, -0.15) is 0 Å². The second kappa shape index (κ2) is 8.46. The Hall–Kier alpha value is -2.17. The van der Waals surface area contributed by atoms with E-state index in [-0.39, 0.29) is 11.3 Å². The Morgan fingerprint density at radius 2 is 1.96 bits per heavy atom. The summed E-state index contributed by atoms with van der Waals surface area (Å²) in [7, 11) is 1.57. The molecule has 0 atom stereocenters. The van der Waals surface area contributed by atoms with Crippen molar-refractivity contribution in [1.82, 2.24) is 4.98 Å². The molecule has 0 saturated heterocycles. The Morgan fingerprint density at radius 1 is 1.13 bits per heavy atom. The van der Waals surface area contributed by atoms with E-state index in [1.54, 1.807) is 7.11 Å². The van der Waals surface area contributed by atoms with Crippen molar-refractivity contribution in [2.45, 2.75) is 39.5 Å². The monoisotopic (exact) mass is 318 g/mol. The number of rotatable bonds is 9. The van der Waals surface area contributed by atoms with Gasteiger partial charge in [-0.25, -0.2) is 0 Å². The molecule has 0 unspecified atom stereocenters. The fourth-order valence-electron chi connectivity index (χ4n) is 2.60. The molecule has 0 aliphatic heterocycles. The number of anilines is 1. The molecule has 1 aromatic heterocycles. The third-order valence-corrected chi connectivity index (χ3v) is 3.75. The van der Waals surface area contributed by atoms with Crippen molar-refractivity contribution in [2.24, 2.45) is 0 Å². The zero-order valence-corrected chi connectivity index (χ0v) is 14.2. The Kier molecular flexibility index (Phi) is 6.32. The molecular formula is C18H26N2O3. The van der Waals surface area contributed by atoms with Crippen LogP contribution < -0.4 is 20.3 Å². The van der Waals surface area contributed by atoms with Crippen LogP contribution in [0.4, 0.5) is 5.69 Å². The SMILES string of the molecule is CCCCCCOc1c(OC)c2ccc(NCC)cc2[nH]c1=O. The number of nitrogens with one attached hydrogen (secondary N) is 2. The number of aromatic amines is 1. The van der Waals surface area contributed by atoms with Crippen LogP contribution in [-0.2, 0) is 0 Å². The van der Waals surface area contributed by atoms with E-state index < -0.39 is 0 Å². The molecule has 0 spiro atoms. The van der Waals surface area contributed by atoms with Gasteiger partial charge in [-0.3, -0.25) is 4.79 Å². The fraction of sp³-hybridized carbons (Fsp3) is 0.500. The van der Waals surface area contributed by atoms with Crippen molar-refractivity contribution < 1.29 is 9.47 Å². The van der Waals surface area contributed by atoms with Gasteiger partial charge in [-0.1, -0.05) is 26.2 Å². The van der Waals surface area contributed by atoms with Crippen LogP contribution in [0.25, 0.3) is 10.9 Å². The van der Waals surface area contributed by atoms with Crippen molar-refractivity contribution in [3.05, 3.63) is 28.6 Å². The zero-order chi connectivity index (χ0) is 16.7. The Morgan fingerprint density at radius 3 is 2.65 bits per heavy atom. The molecule has 2 aromatic rings. The number of fused-ring (bicyclic) bond motifs is 1. The van der Waals surface area contributed by atoms with Gasteiger partial charge < -0.3 is 19.8 Å². The summed E-state index contributed by atoms with van der Waals surface area (Å²) >= 11 is 0. The minimum atomic E-state index is -0.251. The van der Waals surface area contributed by atoms with Crippen molar-refractivity contribution in [3.63, 3.8) is 0 Å². The normalized spacial score (nSPS) is 10.7. The van der Waals surface area contributed by atoms with E-state index in [1.807, 2.05) is 25.1 Å². The molecule has 1 heterocycles. The standard InChI is InChI=1S/C18H26N2O3/c1-4-6-7-8-11-23-17-16(22-3)14-10-9-13(19-5-2)12-15(14)20-18(17)21/h9-10,12,19H,4-8,11H2,1-3H3,(H,20,21). The van der Waals surface area contributed by atoms with Gasteiger partial charge in [0.2, 0.25) is 5.75 Å². The Balaban J connectivity index is 2.28. The van der Waals surface area contributed by atoms with Crippen molar-refractivity contribution in [1.29, 1.82) is 0 Å². The van der Waals surface area contributed by atoms with Gasteiger partial charge in [0.1, 0.15) is 0 Å². The van der Waals surface area contributed by atoms with Crippen molar-refractivity contribution >= 4 is 16.6 Å². The summed E-state index contributed by atoms with van der Waals surface area (Å²) in [5.74, 6) is 0.773. The number of ether oxygens (including phenoxy) is 2. The van der Waals surface area contributed by atoms with Gasteiger partial charge in [-0.15, -0.1) is 0 Å². The van der Waals surface area contributed by atoms with Crippen LogP contribution in [0.15, 0.2) is 23.0 Å². The first kappa shape index (κ1) is 17.2. The second-order valence-electron chi connectivity index (χ2n) is 5.52. The topological polar surface area (TPSA) is 63.4 Å². The smallest absolute Gasteiger partial charge is 0.294 e. The van der Waals surface area contributed by atoms with Crippen LogP contribution in [0.5, 0.6) is 11.5 Å². The molecule has 0 amide bonds. The minimum absolute atomic E-state index is 0.251. The van der Waals surface area contributed by atoms with E-state index in [4.69, 9.17) is 9.47 Å². The maximum Gasteiger partial charge on any atom is 0.294 e. The molecule has 0 fully saturated rings. The first-order chi connectivity index (χ1) is 11.2. The molecular weight excluding hydrogens is 292 g/mol. The van der Waals surface area contributed by atoms with E-state index in [0.717, 1.165) is 36.0 Å². The molecule has 1 aromatic carbocycles. The van der Waals surface area contributed by atoms with E-state index in [2.05, 4.69) is 17.2 Å². The van der Waals surface area contributed by atoms with Gasteiger partial charge in [0.25, 0.3) is 5.56 Å². The van der Waals surface area contributed by atoms with Crippen LogP contribution in [0.1, 0.15) is 39.5 Å². The molecule has 5 nitrogen and oxygen atoms in total. The van der Waals surface area contributed by atoms with Crippen LogP contribution in [-0.4, -0.2) is 25.2 Å². The Labute approximate surface area is 137 Å². The van der Waals surface area contributed by atoms with E-state index in [0.29, 0.717) is 12.4 Å². The summed E-state index contributed by atoms with van der Waals surface area (Å²) in [6.45, 7) is 5.55. The van der Waals surface area contributed by atoms with E-state index in [1.165, 1.54) is 12.8 Å². The minimum Gasteiger partial charge on any atom is -0.492 e. The molecule has 0 saturated carbocycles. The van der Waals surface area contributed by atoms with Gasteiger partial charge in [-0.05, 0) is 31.5 Å². The number of methoxy groups -OCH3 is 1. The average molecular weight is 318 g/mol. The second-order valence-corrected chi connectivity index (χ2v) is 5.52. The first-order valence-corrected chi connectivity index (χ1v) is 8.32. The molecule has 2 N–H and O–H groups in total. The number of aromatic nitrogens is 1. The number of unbranched alkanes of at least 4 members (excludes halogenated alkanes) is 3. The van der Waals surface area contributed by atoms with Crippen LogP contribution >= 0.6 is 0 Å². The van der Waals surface area contributed by atoms with Crippen LogP contribution in [0.2, 0.25) is 0 Å². The number of hydrogen-bond donors (Lipinski definition) is 2. The third kappa shape index (κ3) is 4.18. The van der Waals surface area contributed by atoms with E-state index in [9.17, 15) is 4.79 Å². The Bertz CT molecular complexity index is 694. The zero-order valence-electron chi connectivity index (χ0n) is 14.2. The summed E-state index contributed by atoms with van der Waals surface area (Å²) in [6.07, 6.45) is 4.40. The lowest BCUT2D eigenvalue weighted by Gasteiger charge is -2.13. The molecule has 0 aliphatic rings. The summed E-state index contributed by atoms with van der Waals surface area (Å²) in [6, 6.07) is 5.82. The molecule has 5 heteroatoms. The molecule has 0 aliphatic carbocycles. The number of pyridine rings is 1. The average Bonchev–Trinajstić information content (AvgIpc) is 2.55. The molecule has 126 valence electrons. The highest BCUT2D eigenvalue weighted by Gasteiger charge is 2.15. The summed E-state index contributed by atoms with van der Waals surface area (Å²) < 4.78 is 11.2. The highest BCUT2D eigenvalue weighted by atomic mass is 16.5. The summed E-state index contributed by atoms with van der Waals surface area (Å²) in [5.41, 5.74) is 1.45. The van der Waals surface area contributed by atoms with Crippen LogP contribution in [0, 0.1) is 0 Å². The van der Waals surface area contributed by atoms with Crippen LogP contribution in [0.3, 0.4) is 0 Å². The van der Waals surface area contributed by atoms with Gasteiger partial charge in [0.15, 0.2) is 5.75 Å². The number of benzene rings is 1. The lowest BCUT2D eigenvalue weighted by atomic mass is 10.1. The van der Waals surface area contributed by atoms with Gasteiger partial charge in [0.05, 0.1) is 19.2 Å². The van der Waals surface area contributed by atoms with Crippen molar-refractivity contribution in [3.8, 4) is 11.5 Å². The lowest BCUT2D eigenvalue weighted by Crippen LogP contribution is -2.14. The third-order valence-electron chi connectivity index (χ3n) is 3.75. The number of H-pyrrole nitrogens is 1. The summed E-state index contributed by atoms with van der Waals surface area (Å²) in [4.78, 5) is 15.2. The van der Waals surface area contributed by atoms with Gasteiger partial charge >= 0.3 is 0 Å². The molecule has 0 bridgehead atoms. The quantitative estimate of drug-likeness (QED) is 0.688. The number of hydrogen-bond acceptors (Lipinski definition) is 4. The predicted octanol–water partition coefficient (Wildman–Crippen LogP) is 3.93. The molecule has 2 rings (SSSR count). The lowest BCUT2D eigenvalue weighted by molar-refractivity contribution is 0.282. The first-order valence-electron chi connectivity index (χ1n) is 8.32. The van der Waals surface area contributed by atoms with E-state index >= 15 is 0 Å². The highest BCUT2D eigenvalue weighted by molar-refractivity contribution is 5.89. The highest BCUT2D eigenvalue weighted by Crippen LogP contribution is 2.32. The summed E-state index contributed by atoms with van der Waals surface area (Å²) in [5, 5.41) is 4.08. The largest absolute Gasteiger partial charge is 0.492 e. The van der Waals surface area contributed by atoms with Gasteiger partial charge in [0, 0.05) is 17.6 Å². The fourth-order valence-corrected chi connectivity index (χ4v) is 2.60. The van der Waals surface area contributed by atoms with Crippen molar-refractivity contribution in [2.75, 3.05) is 25.6 Å². The maximum absolute atomic E-state index is 12.3. The predicted molar refractivity (Wildman–Crippen MR) is 94.9 cm³/mol. The molecule has 23 heavy (non-hydrogen) atoms. The maximum atomic E-state index is 12.3.